The van der Waals surface area contributed by atoms with Crippen molar-refractivity contribution in [2.24, 2.45) is 0 Å². The Kier molecular flexibility index (Phi) is 6.42. The molecule has 1 heteroatoms. The molecule has 0 N–H and O–H groups in total. The number of aryl methyl sites for hydroxylation is 2. The van der Waals surface area contributed by atoms with Gasteiger partial charge in [0.2, 0.25) is 0 Å². The summed E-state index contributed by atoms with van der Waals surface area (Å²) >= 11 is 0. The van der Waals surface area contributed by atoms with E-state index in [1.807, 2.05) is 0 Å². The fraction of sp³-hybridized carbons (Fsp3) is 0.250. The van der Waals surface area contributed by atoms with Crippen molar-refractivity contribution in [1.29, 1.82) is 0 Å². The van der Waals surface area contributed by atoms with E-state index in [-0.39, 0.29) is 0 Å². The monoisotopic (exact) mass is 346 g/mol. The Labute approximate surface area is 153 Å². The van der Waals surface area contributed by atoms with Crippen LogP contribution in [0.1, 0.15) is 37.3 Å². The zero-order valence-corrected chi connectivity index (χ0v) is 16.2. The summed E-state index contributed by atoms with van der Waals surface area (Å²) < 4.78 is 0. The first kappa shape index (κ1) is 17.9. The van der Waals surface area contributed by atoms with Crippen LogP contribution in [0.2, 0.25) is 0 Å². The first-order chi connectivity index (χ1) is 12.3. The van der Waals surface area contributed by atoms with Crippen molar-refractivity contribution in [1.82, 2.24) is 0 Å². The average molecular weight is 346 g/mol. The molecule has 0 nitrogen and oxygen atoms in total. The fourth-order valence-electron chi connectivity index (χ4n) is 3.11. The number of hydrogen-bond donors (Lipinski definition) is 0. The van der Waals surface area contributed by atoms with Crippen LogP contribution in [0.15, 0.2) is 78.9 Å². The minimum atomic E-state index is -0.487. The smallest absolute Gasteiger partial charge is 0.0134 e. The van der Waals surface area contributed by atoms with E-state index in [4.69, 9.17) is 0 Å². The van der Waals surface area contributed by atoms with E-state index in [0.717, 1.165) is 0 Å². The molecule has 0 amide bonds. The van der Waals surface area contributed by atoms with E-state index in [1.54, 1.807) is 0 Å². The molecule has 3 aromatic carbocycles. The van der Waals surface area contributed by atoms with Crippen molar-refractivity contribution >= 4 is 23.8 Å². The van der Waals surface area contributed by atoms with Gasteiger partial charge in [-0.1, -0.05) is 104 Å². The third kappa shape index (κ3) is 4.80. The van der Waals surface area contributed by atoms with Crippen molar-refractivity contribution in [3.8, 4) is 0 Å². The molecule has 0 saturated carbocycles. The molecule has 3 aromatic rings. The van der Waals surface area contributed by atoms with Crippen molar-refractivity contribution in [2.75, 3.05) is 0 Å². The van der Waals surface area contributed by atoms with Crippen LogP contribution in [0.4, 0.5) is 0 Å². The summed E-state index contributed by atoms with van der Waals surface area (Å²) in [7, 11) is -0.487. The number of unbranched alkanes of at least 4 members (excludes halogenated alkanes) is 2. The second kappa shape index (κ2) is 8.97. The van der Waals surface area contributed by atoms with Gasteiger partial charge in [-0.3, -0.25) is 0 Å². The van der Waals surface area contributed by atoms with Crippen molar-refractivity contribution in [2.45, 2.75) is 39.5 Å². The quantitative estimate of drug-likeness (QED) is 0.392. The Bertz CT molecular complexity index is 757. The maximum Gasteiger partial charge on any atom is -0.0134 e. The van der Waals surface area contributed by atoms with Crippen LogP contribution in [0.25, 0.3) is 0 Å². The Hall–Kier alpha value is -1.91. The van der Waals surface area contributed by atoms with Gasteiger partial charge in [0.1, 0.15) is 0 Å². The predicted octanol–water partition coefficient (Wildman–Crippen LogP) is 5.49. The van der Waals surface area contributed by atoms with E-state index in [2.05, 4.69) is 92.7 Å². The minimum absolute atomic E-state index is 0.487. The average Bonchev–Trinajstić information content (AvgIpc) is 2.66. The van der Waals surface area contributed by atoms with Gasteiger partial charge < -0.3 is 0 Å². The molecule has 0 aliphatic carbocycles. The lowest BCUT2D eigenvalue weighted by molar-refractivity contribution is 0.717. The molecule has 3 rings (SSSR count). The zero-order valence-electron chi connectivity index (χ0n) is 15.3. The zero-order chi connectivity index (χ0) is 17.5. The molecular weight excluding hydrogens is 319 g/mol. The van der Waals surface area contributed by atoms with E-state index in [9.17, 15) is 0 Å². The Balaban J connectivity index is 1.90. The van der Waals surface area contributed by atoms with Crippen molar-refractivity contribution in [3.05, 3.63) is 90.0 Å². The summed E-state index contributed by atoms with van der Waals surface area (Å²) in [6.45, 7) is 4.41. The van der Waals surface area contributed by atoms with E-state index >= 15 is 0 Å². The second-order valence-corrected chi connectivity index (χ2v) is 8.85. The summed E-state index contributed by atoms with van der Waals surface area (Å²) in [4.78, 5) is 0. The van der Waals surface area contributed by atoms with Crippen LogP contribution < -0.4 is 15.9 Å². The summed E-state index contributed by atoms with van der Waals surface area (Å²) in [6, 6.07) is 29.3. The SMILES string of the molecule is CCCCCc1ccc(P(c2ccccc2)c2ccc(C)cc2)cc1. The summed E-state index contributed by atoms with van der Waals surface area (Å²) in [5.74, 6) is 0. The maximum absolute atomic E-state index is 2.35. The molecule has 25 heavy (non-hydrogen) atoms. The molecule has 0 radical (unpaired) electrons. The highest BCUT2D eigenvalue weighted by Crippen LogP contribution is 2.32. The van der Waals surface area contributed by atoms with Gasteiger partial charge in [0, 0.05) is 0 Å². The predicted molar refractivity (Wildman–Crippen MR) is 113 cm³/mol. The van der Waals surface area contributed by atoms with Gasteiger partial charge >= 0.3 is 0 Å². The standard InChI is InChI=1S/C24H27P/c1-3-4-6-9-21-14-18-24(19-15-21)25(22-10-7-5-8-11-22)23-16-12-20(2)13-17-23/h5,7-8,10-19H,3-4,6,9H2,1-2H3. The highest BCUT2D eigenvalue weighted by molar-refractivity contribution is 7.79. The van der Waals surface area contributed by atoms with Gasteiger partial charge in [-0.25, -0.2) is 0 Å². The molecule has 0 fully saturated rings. The maximum atomic E-state index is 2.35. The molecule has 0 spiro atoms. The topological polar surface area (TPSA) is 0 Å². The van der Waals surface area contributed by atoms with E-state index in [1.165, 1.54) is 52.7 Å². The highest BCUT2D eigenvalue weighted by Gasteiger charge is 2.16. The first-order valence-electron chi connectivity index (χ1n) is 9.28. The summed E-state index contributed by atoms with van der Waals surface area (Å²) in [6.07, 6.45) is 5.09. The largest absolute Gasteiger partial charge is 0.0654 e. The van der Waals surface area contributed by atoms with Crippen LogP contribution in [0, 0.1) is 6.92 Å². The molecule has 1 atom stereocenters. The van der Waals surface area contributed by atoms with Crippen molar-refractivity contribution in [3.63, 3.8) is 0 Å². The molecule has 0 aliphatic rings. The minimum Gasteiger partial charge on any atom is -0.0654 e. The third-order valence-corrected chi connectivity index (χ3v) is 7.01. The normalized spacial score (nSPS) is 12.1. The van der Waals surface area contributed by atoms with Crippen LogP contribution in [-0.4, -0.2) is 0 Å². The molecule has 1 unspecified atom stereocenters. The molecule has 0 bridgehead atoms. The highest BCUT2D eigenvalue weighted by atomic mass is 31.1. The van der Waals surface area contributed by atoms with Gasteiger partial charge in [-0.15, -0.1) is 0 Å². The number of benzene rings is 3. The number of rotatable bonds is 7. The van der Waals surface area contributed by atoms with Gasteiger partial charge in [0.25, 0.3) is 0 Å². The molecule has 0 aromatic heterocycles. The Morgan fingerprint density at radius 3 is 1.80 bits per heavy atom. The summed E-state index contributed by atoms with van der Waals surface area (Å²) in [5, 5.41) is 4.27. The van der Waals surface area contributed by atoms with Gasteiger partial charge in [-0.05, 0) is 49.2 Å². The van der Waals surface area contributed by atoms with Gasteiger partial charge in [-0.2, -0.15) is 0 Å². The second-order valence-electron chi connectivity index (χ2n) is 6.63. The van der Waals surface area contributed by atoms with Crippen LogP contribution in [0.5, 0.6) is 0 Å². The van der Waals surface area contributed by atoms with Crippen LogP contribution in [0.3, 0.4) is 0 Å². The van der Waals surface area contributed by atoms with Crippen LogP contribution >= 0.6 is 7.92 Å². The molecular formula is C24H27P. The number of hydrogen-bond acceptors (Lipinski definition) is 0. The van der Waals surface area contributed by atoms with Gasteiger partial charge in [0.05, 0.1) is 0 Å². The lowest BCUT2D eigenvalue weighted by Crippen LogP contribution is -2.20. The van der Waals surface area contributed by atoms with E-state index in [0.29, 0.717) is 0 Å². The Morgan fingerprint density at radius 2 is 1.20 bits per heavy atom. The summed E-state index contributed by atoms with van der Waals surface area (Å²) in [5.41, 5.74) is 2.78. The van der Waals surface area contributed by atoms with Crippen LogP contribution in [-0.2, 0) is 6.42 Å². The van der Waals surface area contributed by atoms with E-state index < -0.39 is 7.92 Å². The Morgan fingerprint density at radius 1 is 0.640 bits per heavy atom. The third-order valence-electron chi connectivity index (χ3n) is 4.57. The molecule has 128 valence electrons. The lowest BCUT2D eigenvalue weighted by atomic mass is 10.1. The van der Waals surface area contributed by atoms with Crippen molar-refractivity contribution < 1.29 is 0 Å². The molecule has 0 aliphatic heterocycles. The molecule has 0 saturated heterocycles. The fourth-order valence-corrected chi connectivity index (χ4v) is 5.37. The lowest BCUT2D eigenvalue weighted by Gasteiger charge is -2.20. The first-order valence-corrected chi connectivity index (χ1v) is 10.6. The van der Waals surface area contributed by atoms with Gasteiger partial charge in [0.15, 0.2) is 0 Å². The molecule has 0 heterocycles.